The lowest BCUT2D eigenvalue weighted by Crippen LogP contribution is -2.32. The zero-order chi connectivity index (χ0) is 17.0. The number of hydrogen-bond acceptors (Lipinski definition) is 4. The molecule has 0 aliphatic rings. The van der Waals surface area contributed by atoms with Crippen molar-refractivity contribution in [1.29, 1.82) is 0 Å². The van der Waals surface area contributed by atoms with E-state index in [1.807, 2.05) is 32.7 Å². The summed E-state index contributed by atoms with van der Waals surface area (Å²) in [5, 5.41) is 7.93. The standard InChI is InChI=1S/C17H25FN4O/c1-12(11-23-15-8-6-14(18)7-9-15)19-10-16-13(2)20-22(5)17(16)21(3)4/h6-9,12,19H,10-11H2,1-5H3/t12-/m0/s1. The number of hydrogen-bond donors (Lipinski definition) is 1. The second-order valence-corrected chi connectivity index (χ2v) is 5.95. The van der Waals surface area contributed by atoms with E-state index in [0.717, 1.165) is 18.1 Å². The summed E-state index contributed by atoms with van der Waals surface area (Å²) in [5.74, 6) is 1.51. The van der Waals surface area contributed by atoms with Gasteiger partial charge in [-0.15, -0.1) is 0 Å². The van der Waals surface area contributed by atoms with Gasteiger partial charge in [0, 0.05) is 39.3 Å². The first-order chi connectivity index (χ1) is 10.9. The molecule has 0 spiro atoms. The van der Waals surface area contributed by atoms with Crippen molar-refractivity contribution in [1.82, 2.24) is 15.1 Å². The third-order valence-corrected chi connectivity index (χ3v) is 3.68. The van der Waals surface area contributed by atoms with E-state index >= 15 is 0 Å². The van der Waals surface area contributed by atoms with Crippen molar-refractivity contribution in [2.24, 2.45) is 7.05 Å². The van der Waals surface area contributed by atoms with Crippen LogP contribution in [0.3, 0.4) is 0 Å². The molecule has 0 aliphatic heterocycles. The number of ether oxygens (including phenoxy) is 1. The number of benzene rings is 1. The predicted octanol–water partition coefficient (Wildman–Crippen LogP) is 2.49. The van der Waals surface area contributed by atoms with Crippen LogP contribution in [0.1, 0.15) is 18.2 Å². The molecule has 0 fully saturated rings. The molecule has 0 saturated heterocycles. The van der Waals surface area contributed by atoms with Crippen molar-refractivity contribution in [3.05, 3.63) is 41.3 Å². The zero-order valence-electron chi connectivity index (χ0n) is 14.4. The van der Waals surface area contributed by atoms with Crippen molar-refractivity contribution in [3.63, 3.8) is 0 Å². The summed E-state index contributed by atoms with van der Waals surface area (Å²) < 4.78 is 20.4. The highest BCUT2D eigenvalue weighted by molar-refractivity contribution is 5.48. The van der Waals surface area contributed by atoms with Gasteiger partial charge < -0.3 is 15.0 Å². The van der Waals surface area contributed by atoms with Crippen LogP contribution in [-0.4, -0.2) is 36.5 Å². The Labute approximate surface area is 137 Å². The summed E-state index contributed by atoms with van der Waals surface area (Å²) in [7, 11) is 5.98. The van der Waals surface area contributed by atoms with E-state index in [0.29, 0.717) is 12.4 Å². The molecule has 1 atom stereocenters. The van der Waals surface area contributed by atoms with E-state index in [1.54, 1.807) is 12.1 Å². The molecular weight excluding hydrogens is 295 g/mol. The minimum absolute atomic E-state index is 0.162. The third kappa shape index (κ3) is 4.45. The summed E-state index contributed by atoms with van der Waals surface area (Å²) in [6.07, 6.45) is 0. The third-order valence-electron chi connectivity index (χ3n) is 3.68. The molecule has 5 nitrogen and oxygen atoms in total. The number of nitrogens with one attached hydrogen (secondary N) is 1. The highest BCUT2D eigenvalue weighted by Gasteiger charge is 2.15. The first-order valence-corrected chi connectivity index (χ1v) is 7.70. The second kappa shape index (κ2) is 7.46. The van der Waals surface area contributed by atoms with E-state index in [4.69, 9.17) is 4.74 Å². The predicted molar refractivity (Wildman–Crippen MR) is 90.5 cm³/mol. The molecule has 1 aromatic carbocycles. The maximum absolute atomic E-state index is 12.9. The van der Waals surface area contributed by atoms with Gasteiger partial charge >= 0.3 is 0 Å². The zero-order valence-corrected chi connectivity index (χ0v) is 14.4. The van der Waals surface area contributed by atoms with Crippen LogP contribution < -0.4 is 15.0 Å². The average Bonchev–Trinajstić information content (AvgIpc) is 2.78. The second-order valence-electron chi connectivity index (χ2n) is 5.95. The van der Waals surface area contributed by atoms with Gasteiger partial charge in [0.25, 0.3) is 0 Å². The van der Waals surface area contributed by atoms with E-state index < -0.39 is 0 Å². The highest BCUT2D eigenvalue weighted by Crippen LogP contribution is 2.21. The Morgan fingerprint density at radius 2 is 1.96 bits per heavy atom. The Morgan fingerprint density at radius 3 is 2.57 bits per heavy atom. The SMILES string of the molecule is Cc1nn(C)c(N(C)C)c1CN[C@@H](C)COc1ccc(F)cc1. The molecule has 0 radical (unpaired) electrons. The van der Waals surface area contributed by atoms with Gasteiger partial charge in [-0.3, -0.25) is 4.68 Å². The van der Waals surface area contributed by atoms with E-state index in [1.165, 1.54) is 17.7 Å². The van der Waals surface area contributed by atoms with Gasteiger partial charge in [0.2, 0.25) is 0 Å². The molecule has 1 N–H and O–H groups in total. The van der Waals surface area contributed by atoms with Crippen LogP contribution in [0, 0.1) is 12.7 Å². The van der Waals surface area contributed by atoms with Crippen molar-refractivity contribution in [2.45, 2.75) is 26.4 Å². The van der Waals surface area contributed by atoms with Crippen molar-refractivity contribution in [3.8, 4) is 5.75 Å². The van der Waals surface area contributed by atoms with E-state index in [9.17, 15) is 4.39 Å². The van der Waals surface area contributed by atoms with Crippen molar-refractivity contribution in [2.75, 3.05) is 25.6 Å². The molecule has 1 heterocycles. The number of halogens is 1. The van der Waals surface area contributed by atoms with E-state index in [-0.39, 0.29) is 11.9 Å². The van der Waals surface area contributed by atoms with E-state index in [2.05, 4.69) is 22.2 Å². The molecule has 0 unspecified atom stereocenters. The number of rotatable bonds is 7. The summed E-state index contributed by atoms with van der Waals surface area (Å²) in [6, 6.07) is 6.23. The molecule has 0 bridgehead atoms. The van der Waals surface area contributed by atoms with Gasteiger partial charge in [-0.25, -0.2) is 4.39 Å². The normalized spacial score (nSPS) is 12.3. The van der Waals surface area contributed by atoms with Gasteiger partial charge in [0.1, 0.15) is 24.0 Å². The lowest BCUT2D eigenvalue weighted by Gasteiger charge is -2.18. The van der Waals surface area contributed by atoms with Crippen LogP contribution in [0.15, 0.2) is 24.3 Å². The number of aryl methyl sites for hydroxylation is 2. The first kappa shape index (κ1) is 17.3. The lowest BCUT2D eigenvalue weighted by atomic mass is 10.2. The fraction of sp³-hybridized carbons (Fsp3) is 0.471. The molecule has 2 rings (SSSR count). The van der Waals surface area contributed by atoms with Crippen LogP contribution in [0.25, 0.3) is 0 Å². The minimum Gasteiger partial charge on any atom is -0.492 e. The number of nitrogens with zero attached hydrogens (tertiary/aromatic N) is 3. The molecule has 23 heavy (non-hydrogen) atoms. The fourth-order valence-electron chi connectivity index (χ4n) is 2.54. The number of aromatic nitrogens is 2. The molecule has 126 valence electrons. The van der Waals surface area contributed by atoms with Crippen LogP contribution in [0.2, 0.25) is 0 Å². The summed E-state index contributed by atoms with van der Waals surface area (Å²) in [4.78, 5) is 2.07. The average molecular weight is 320 g/mol. The first-order valence-electron chi connectivity index (χ1n) is 7.70. The summed E-state index contributed by atoms with van der Waals surface area (Å²) >= 11 is 0. The topological polar surface area (TPSA) is 42.3 Å². The van der Waals surface area contributed by atoms with Gasteiger partial charge in [-0.1, -0.05) is 0 Å². The van der Waals surface area contributed by atoms with Crippen molar-refractivity contribution >= 4 is 5.82 Å². The molecule has 6 heteroatoms. The summed E-state index contributed by atoms with van der Waals surface area (Å²) in [6.45, 7) is 5.32. The highest BCUT2D eigenvalue weighted by atomic mass is 19.1. The smallest absolute Gasteiger partial charge is 0.130 e. The maximum atomic E-state index is 12.9. The van der Waals surface area contributed by atoms with Crippen molar-refractivity contribution < 1.29 is 9.13 Å². The molecule has 1 aromatic heterocycles. The molecule has 0 aliphatic carbocycles. The van der Waals surface area contributed by atoms with Crippen LogP contribution in [0.4, 0.5) is 10.2 Å². The van der Waals surface area contributed by atoms with Crippen LogP contribution in [-0.2, 0) is 13.6 Å². The largest absolute Gasteiger partial charge is 0.492 e. The van der Waals surface area contributed by atoms with Crippen LogP contribution >= 0.6 is 0 Å². The van der Waals surface area contributed by atoms with Gasteiger partial charge in [0.05, 0.1) is 5.69 Å². The molecular formula is C17H25FN4O. The summed E-state index contributed by atoms with van der Waals surface area (Å²) in [5.41, 5.74) is 2.21. The Morgan fingerprint density at radius 1 is 1.30 bits per heavy atom. The molecule has 0 saturated carbocycles. The Kier molecular flexibility index (Phi) is 5.60. The van der Waals surface area contributed by atoms with Crippen LogP contribution in [0.5, 0.6) is 5.75 Å². The van der Waals surface area contributed by atoms with Gasteiger partial charge in [-0.05, 0) is 38.1 Å². The monoisotopic (exact) mass is 320 g/mol. The maximum Gasteiger partial charge on any atom is 0.130 e. The Hall–Kier alpha value is -2.08. The fourth-order valence-corrected chi connectivity index (χ4v) is 2.54. The molecule has 0 amide bonds. The van der Waals surface area contributed by atoms with Gasteiger partial charge in [-0.2, -0.15) is 5.10 Å². The minimum atomic E-state index is -0.258. The van der Waals surface area contributed by atoms with Gasteiger partial charge in [0.15, 0.2) is 0 Å². The Bertz CT molecular complexity index is 637. The lowest BCUT2D eigenvalue weighted by molar-refractivity contribution is 0.272. The quantitative estimate of drug-likeness (QED) is 0.851. The number of anilines is 1. The molecule has 2 aromatic rings. The Balaban J connectivity index is 1.89.